The maximum atomic E-state index is 12.5. The quantitative estimate of drug-likeness (QED) is 0.684. The fraction of sp³-hybridized carbons (Fsp3) is 0. The van der Waals surface area contributed by atoms with Gasteiger partial charge in [0.1, 0.15) is 5.57 Å². The minimum Gasteiger partial charge on any atom is -0.273 e. The van der Waals surface area contributed by atoms with Crippen LogP contribution in [-0.4, -0.2) is 17.8 Å². The molecule has 4 amide bonds. The van der Waals surface area contributed by atoms with E-state index in [2.05, 4.69) is 5.32 Å². The van der Waals surface area contributed by atoms with E-state index in [1.807, 2.05) is 11.4 Å². The predicted octanol–water partition coefficient (Wildman–Crippen LogP) is 2.41. The van der Waals surface area contributed by atoms with E-state index in [-0.39, 0.29) is 5.57 Å². The highest BCUT2D eigenvalue weighted by atomic mass is 32.1. The van der Waals surface area contributed by atoms with Crippen LogP contribution in [0.15, 0.2) is 53.4 Å². The molecule has 5 nitrogen and oxygen atoms in total. The molecule has 2 aromatic rings. The van der Waals surface area contributed by atoms with Gasteiger partial charge in [-0.15, -0.1) is 11.3 Å². The maximum absolute atomic E-state index is 12.5. The SMILES string of the molecule is O=C1NC(=O)N(c2ccccc2)C(=O)/C1=C/c1cccs1. The fourth-order valence-corrected chi connectivity index (χ4v) is 2.64. The van der Waals surface area contributed by atoms with E-state index in [0.29, 0.717) is 5.69 Å². The summed E-state index contributed by atoms with van der Waals surface area (Å²) in [7, 11) is 0. The molecule has 104 valence electrons. The molecule has 3 rings (SSSR count). The molecule has 1 N–H and O–H groups in total. The lowest BCUT2D eigenvalue weighted by molar-refractivity contribution is -0.122. The van der Waals surface area contributed by atoms with Gasteiger partial charge in [0.25, 0.3) is 11.8 Å². The molecule has 0 bridgehead atoms. The van der Waals surface area contributed by atoms with E-state index in [0.717, 1.165) is 9.78 Å². The minimum atomic E-state index is -0.737. The molecule has 1 fully saturated rings. The molecule has 1 aliphatic heterocycles. The van der Waals surface area contributed by atoms with E-state index >= 15 is 0 Å². The van der Waals surface area contributed by atoms with Gasteiger partial charge in [-0.25, -0.2) is 9.69 Å². The van der Waals surface area contributed by atoms with Gasteiger partial charge in [-0.2, -0.15) is 0 Å². The fourth-order valence-electron chi connectivity index (χ4n) is 1.98. The minimum absolute atomic E-state index is 0.0547. The van der Waals surface area contributed by atoms with Crippen molar-refractivity contribution in [3.05, 3.63) is 58.3 Å². The lowest BCUT2D eigenvalue weighted by Gasteiger charge is -2.26. The molecule has 1 aliphatic rings. The Hall–Kier alpha value is -2.73. The first-order valence-corrected chi connectivity index (χ1v) is 7.05. The normalized spacial score (nSPS) is 17.2. The zero-order valence-electron chi connectivity index (χ0n) is 10.8. The van der Waals surface area contributed by atoms with Crippen LogP contribution < -0.4 is 10.2 Å². The van der Waals surface area contributed by atoms with Gasteiger partial charge in [0, 0.05) is 4.88 Å². The van der Waals surface area contributed by atoms with Crippen LogP contribution >= 0.6 is 11.3 Å². The number of benzene rings is 1. The Bertz CT molecular complexity index is 736. The second kappa shape index (κ2) is 5.34. The highest BCUT2D eigenvalue weighted by Gasteiger charge is 2.36. The number of thiophene rings is 1. The Balaban J connectivity index is 2.02. The van der Waals surface area contributed by atoms with Crippen molar-refractivity contribution in [2.75, 3.05) is 4.90 Å². The number of barbiturate groups is 1. The molecule has 1 saturated heterocycles. The predicted molar refractivity (Wildman–Crippen MR) is 79.8 cm³/mol. The van der Waals surface area contributed by atoms with Crippen LogP contribution in [0.3, 0.4) is 0 Å². The third-order valence-corrected chi connectivity index (χ3v) is 3.77. The molecular formula is C15H10N2O3S. The number of hydrogen-bond acceptors (Lipinski definition) is 4. The van der Waals surface area contributed by atoms with Gasteiger partial charge in [-0.05, 0) is 29.7 Å². The molecule has 0 radical (unpaired) electrons. The molecule has 0 atom stereocenters. The van der Waals surface area contributed by atoms with Crippen LogP contribution in [0, 0.1) is 0 Å². The van der Waals surface area contributed by atoms with Crippen molar-refractivity contribution >= 4 is 40.9 Å². The van der Waals surface area contributed by atoms with E-state index < -0.39 is 17.8 Å². The second-order valence-corrected chi connectivity index (χ2v) is 5.29. The average molecular weight is 298 g/mol. The third kappa shape index (κ3) is 2.48. The van der Waals surface area contributed by atoms with Gasteiger partial charge in [0.2, 0.25) is 0 Å². The monoisotopic (exact) mass is 298 g/mol. The Morgan fingerprint density at radius 2 is 1.76 bits per heavy atom. The van der Waals surface area contributed by atoms with Crippen molar-refractivity contribution in [1.82, 2.24) is 5.32 Å². The summed E-state index contributed by atoms with van der Waals surface area (Å²) in [6.07, 6.45) is 1.49. The number of nitrogens with one attached hydrogen (secondary N) is 1. The molecule has 0 unspecified atom stereocenters. The zero-order valence-corrected chi connectivity index (χ0v) is 11.6. The lowest BCUT2D eigenvalue weighted by atomic mass is 10.1. The number of amides is 4. The lowest BCUT2D eigenvalue weighted by Crippen LogP contribution is -2.54. The van der Waals surface area contributed by atoms with Crippen molar-refractivity contribution in [2.45, 2.75) is 0 Å². The summed E-state index contributed by atoms with van der Waals surface area (Å²) in [5, 5.41) is 4.03. The summed E-state index contributed by atoms with van der Waals surface area (Å²) in [5.41, 5.74) is 0.366. The van der Waals surface area contributed by atoms with Gasteiger partial charge in [0.15, 0.2) is 0 Å². The van der Waals surface area contributed by atoms with E-state index in [1.165, 1.54) is 17.4 Å². The smallest absolute Gasteiger partial charge is 0.273 e. The summed E-state index contributed by atoms with van der Waals surface area (Å²) in [4.78, 5) is 38.0. The van der Waals surface area contributed by atoms with Gasteiger partial charge < -0.3 is 0 Å². The topological polar surface area (TPSA) is 66.5 Å². The number of hydrogen-bond donors (Lipinski definition) is 1. The highest BCUT2D eigenvalue weighted by molar-refractivity contribution is 7.10. The van der Waals surface area contributed by atoms with Crippen LogP contribution in [0.25, 0.3) is 6.08 Å². The molecule has 1 aromatic heterocycles. The number of rotatable bonds is 2. The Morgan fingerprint density at radius 1 is 1.00 bits per heavy atom. The molecule has 0 spiro atoms. The summed E-state index contributed by atoms with van der Waals surface area (Å²) in [5.74, 6) is -1.30. The number of para-hydroxylation sites is 1. The van der Waals surface area contributed by atoms with Crippen molar-refractivity contribution in [1.29, 1.82) is 0 Å². The molecule has 0 aliphatic carbocycles. The molecule has 2 heterocycles. The van der Waals surface area contributed by atoms with Crippen LogP contribution in [0.5, 0.6) is 0 Å². The number of carbonyl (C=O) groups is 3. The Labute approximate surface area is 124 Å². The van der Waals surface area contributed by atoms with Crippen LogP contribution in [0.4, 0.5) is 10.5 Å². The number of imide groups is 2. The van der Waals surface area contributed by atoms with Crippen molar-refractivity contribution in [2.24, 2.45) is 0 Å². The molecule has 1 aromatic carbocycles. The van der Waals surface area contributed by atoms with Gasteiger partial charge in [-0.1, -0.05) is 24.3 Å². The summed E-state index contributed by atoms with van der Waals surface area (Å²) < 4.78 is 0. The van der Waals surface area contributed by atoms with E-state index in [4.69, 9.17) is 0 Å². The molecule has 21 heavy (non-hydrogen) atoms. The van der Waals surface area contributed by atoms with Crippen LogP contribution in [0.1, 0.15) is 4.88 Å². The van der Waals surface area contributed by atoms with Gasteiger partial charge in [-0.3, -0.25) is 14.9 Å². The Kier molecular flexibility index (Phi) is 3.37. The van der Waals surface area contributed by atoms with E-state index in [1.54, 1.807) is 36.4 Å². The molecular weight excluding hydrogens is 288 g/mol. The maximum Gasteiger partial charge on any atom is 0.335 e. The molecule has 6 heteroatoms. The summed E-state index contributed by atoms with van der Waals surface area (Å²) in [6.45, 7) is 0. The molecule has 0 saturated carbocycles. The van der Waals surface area contributed by atoms with Gasteiger partial charge >= 0.3 is 6.03 Å². The van der Waals surface area contributed by atoms with Crippen molar-refractivity contribution < 1.29 is 14.4 Å². The van der Waals surface area contributed by atoms with Gasteiger partial charge in [0.05, 0.1) is 5.69 Å². The van der Waals surface area contributed by atoms with Crippen LogP contribution in [-0.2, 0) is 9.59 Å². The third-order valence-electron chi connectivity index (χ3n) is 2.95. The largest absolute Gasteiger partial charge is 0.335 e. The first kappa shape index (κ1) is 13.3. The average Bonchev–Trinajstić information content (AvgIpc) is 2.97. The number of nitrogens with zero attached hydrogens (tertiary/aromatic N) is 1. The Morgan fingerprint density at radius 3 is 2.43 bits per heavy atom. The van der Waals surface area contributed by atoms with E-state index in [9.17, 15) is 14.4 Å². The van der Waals surface area contributed by atoms with Crippen LogP contribution in [0.2, 0.25) is 0 Å². The van der Waals surface area contributed by atoms with Crippen molar-refractivity contribution in [3.8, 4) is 0 Å². The number of anilines is 1. The highest BCUT2D eigenvalue weighted by Crippen LogP contribution is 2.22. The summed E-state index contributed by atoms with van der Waals surface area (Å²) in [6, 6.07) is 11.4. The summed E-state index contributed by atoms with van der Waals surface area (Å²) >= 11 is 1.41. The van der Waals surface area contributed by atoms with Crippen molar-refractivity contribution in [3.63, 3.8) is 0 Å². The second-order valence-electron chi connectivity index (χ2n) is 4.31. The number of carbonyl (C=O) groups excluding carboxylic acids is 3. The first-order valence-electron chi connectivity index (χ1n) is 6.17. The first-order chi connectivity index (χ1) is 10.2. The number of urea groups is 1. The zero-order chi connectivity index (χ0) is 14.8. The standard InChI is InChI=1S/C15H10N2O3S/c18-13-12(9-11-7-4-8-21-11)14(19)17(15(20)16-13)10-5-2-1-3-6-10/h1-9H,(H,16,18,20)/b12-9+.